The Hall–Kier alpha value is -2.20. The van der Waals surface area contributed by atoms with Gasteiger partial charge in [-0.1, -0.05) is 17.7 Å². The minimum Gasteiger partial charge on any atom is -0.396 e. The Morgan fingerprint density at radius 3 is 1.82 bits per heavy atom. The van der Waals surface area contributed by atoms with E-state index in [1.165, 1.54) is 12.1 Å². The summed E-state index contributed by atoms with van der Waals surface area (Å²) < 4.78 is 94.9. The predicted molar refractivity (Wildman–Crippen MR) is 92.9 cm³/mol. The molecule has 0 fully saturated rings. The zero-order valence-corrected chi connectivity index (χ0v) is 15.7. The third kappa shape index (κ3) is 4.27. The number of anilines is 1. The van der Waals surface area contributed by atoms with Crippen LogP contribution in [0.25, 0.3) is 0 Å². The van der Waals surface area contributed by atoms with Crippen LogP contribution in [0.1, 0.15) is 24.8 Å². The molecule has 2 rings (SSSR count). The number of nitrogens with zero attached hydrogens (tertiary/aromatic N) is 1. The summed E-state index contributed by atoms with van der Waals surface area (Å²) in [6.45, 7) is 1.33. The average Bonchev–Trinajstić information content (AvgIpc) is 2.65. The first-order chi connectivity index (χ1) is 13.1. The summed E-state index contributed by atoms with van der Waals surface area (Å²) in [7, 11) is -5.10. The van der Waals surface area contributed by atoms with Crippen LogP contribution in [0.5, 0.6) is 0 Å². The molecule has 0 spiro atoms. The van der Waals surface area contributed by atoms with Crippen LogP contribution in [0.2, 0.25) is 0 Å². The van der Waals surface area contributed by atoms with Gasteiger partial charge in [0.15, 0.2) is 28.2 Å². The lowest BCUT2D eigenvalue weighted by Gasteiger charge is -2.25. The molecular formula is C18H18F5NO3S. The number of aliphatic hydroxyl groups excluding tert-OH is 1. The van der Waals surface area contributed by atoms with Crippen molar-refractivity contribution in [2.45, 2.75) is 31.1 Å². The molecule has 0 aromatic heterocycles. The van der Waals surface area contributed by atoms with Gasteiger partial charge >= 0.3 is 0 Å². The number of halogens is 5. The van der Waals surface area contributed by atoms with Gasteiger partial charge in [-0.15, -0.1) is 0 Å². The number of unbranched alkanes of at least 4 members (excludes halogenated alkanes) is 2. The van der Waals surface area contributed by atoms with Crippen molar-refractivity contribution >= 4 is 15.7 Å². The molecule has 10 heteroatoms. The molecule has 2 aromatic carbocycles. The molecule has 0 aliphatic rings. The lowest BCUT2D eigenvalue weighted by molar-refractivity contribution is 0.283. The van der Waals surface area contributed by atoms with Gasteiger partial charge < -0.3 is 5.11 Å². The second kappa shape index (κ2) is 8.87. The molecule has 154 valence electrons. The SMILES string of the molecule is Cc1ccc(N(CCCCCO)S(=O)(=O)c2c(F)c(F)c(F)c(F)c2F)cc1. The largest absolute Gasteiger partial charge is 0.396 e. The molecule has 0 atom stereocenters. The number of aliphatic hydroxyl groups is 1. The van der Waals surface area contributed by atoms with Crippen LogP contribution in [0.15, 0.2) is 29.2 Å². The number of hydrogen-bond acceptors (Lipinski definition) is 3. The van der Waals surface area contributed by atoms with Gasteiger partial charge in [0.1, 0.15) is 0 Å². The van der Waals surface area contributed by atoms with E-state index in [1.807, 2.05) is 0 Å². The third-order valence-corrected chi connectivity index (χ3v) is 5.91. The Morgan fingerprint density at radius 1 is 0.821 bits per heavy atom. The highest BCUT2D eigenvalue weighted by atomic mass is 32.2. The molecule has 0 bridgehead atoms. The van der Waals surface area contributed by atoms with E-state index in [9.17, 15) is 30.4 Å². The third-order valence-electron chi connectivity index (χ3n) is 4.06. The summed E-state index contributed by atoms with van der Waals surface area (Å²) in [5.41, 5.74) is 0.788. The predicted octanol–water partition coefficient (Wildman–Crippen LogP) is 4.05. The van der Waals surface area contributed by atoms with Crippen molar-refractivity contribution in [2.75, 3.05) is 17.5 Å². The molecule has 1 N–H and O–H groups in total. The summed E-state index contributed by atoms with van der Waals surface area (Å²) in [5.74, 6) is -11.9. The van der Waals surface area contributed by atoms with Gasteiger partial charge in [0, 0.05) is 13.2 Å². The van der Waals surface area contributed by atoms with Crippen molar-refractivity contribution in [3.8, 4) is 0 Å². The maximum atomic E-state index is 14.1. The Kier molecular flexibility index (Phi) is 7.00. The average molecular weight is 423 g/mol. The van der Waals surface area contributed by atoms with Crippen molar-refractivity contribution < 1.29 is 35.5 Å². The van der Waals surface area contributed by atoms with E-state index in [2.05, 4.69) is 0 Å². The second-order valence-corrected chi connectivity index (χ2v) is 7.90. The first kappa shape index (κ1) is 22.1. The van der Waals surface area contributed by atoms with E-state index < -0.39 is 44.0 Å². The van der Waals surface area contributed by atoms with Gasteiger partial charge in [-0.2, -0.15) is 0 Å². The van der Waals surface area contributed by atoms with Gasteiger partial charge in [-0.25, -0.2) is 30.4 Å². The maximum absolute atomic E-state index is 14.1. The fraction of sp³-hybridized carbons (Fsp3) is 0.333. The molecule has 0 unspecified atom stereocenters. The standard InChI is InChI=1S/C18H18F5NO3S/c1-11-5-7-12(8-6-11)24(9-3-2-4-10-25)28(26,27)18-16(22)14(20)13(19)15(21)17(18)23/h5-8,25H,2-4,9-10H2,1H3. The Bertz CT molecular complexity index is 920. The minimum absolute atomic E-state index is 0.0125. The normalized spacial score (nSPS) is 11.7. The van der Waals surface area contributed by atoms with Crippen LogP contribution in [-0.4, -0.2) is 26.7 Å². The topological polar surface area (TPSA) is 57.6 Å². The van der Waals surface area contributed by atoms with Crippen molar-refractivity contribution in [1.29, 1.82) is 0 Å². The van der Waals surface area contributed by atoms with Crippen LogP contribution in [0.3, 0.4) is 0 Å². The molecule has 28 heavy (non-hydrogen) atoms. The van der Waals surface area contributed by atoms with Gasteiger partial charge in [-0.3, -0.25) is 4.31 Å². The highest BCUT2D eigenvalue weighted by Gasteiger charge is 2.37. The van der Waals surface area contributed by atoms with Crippen LogP contribution < -0.4 is 4.31 Å². The maximum Gasteiger partial charge on any atom is 0.270 e. The highest BCUT2D eigenvalue weighted by molar-refractivity contribution is 7.92. The summed E-state index contributed by atoms with van der Waals surface area (Å²) in [4.78, 5) is -1.90. The fourth-order valence-electron chi connectivity index (χ4n) is 2.56. The number of hydrogen-bond donors (Lipinski definition) is 1. The zero-order chi connectivity index (χ0) is 21.1. The molecule has 0 amide bonds. The van der Waals surface area contributed by atoms with E-state index in [0.29, 0.717) is 17.1 Å². The minimum atomic E-state index is -5.10. The first-order valence-corrected chi connectivity index (χ1v) is 9.78. The quantitative estimate of drug-likeness (QED) is 0.302. The van der Waals surface area contributed by atoms with Crippen molar-refractivity contribution in [3.05, 3.63) is 58.9 Å². The molecular weight excluding hydrogens is 405 g/mol. The van der Waals surface area contributed by atoms with E-state index in [1.54, 1.807) is 19.1 Å². The number of sulfonamides is 1. The monoisotopic (exact) mass is 423 g/mol. The molecule has 0 aliphatic carbocycles. The molecule has 0 saturated carbocycles. The van der Waals surface area contributed by atoms with Gasteiger partial charge in [0.05, 0.1) is 5.69 Å². The summed E-state index contributed by atoms with van der Waals surface area (Å²) >= 11 is 0. The summed E-state index contributed by atoms with van der Waals surface area (Å²) in [5, 5.41) is 8.83. The van der Waals surface area contributed by atoms with Crippen molar-refractivity contribution in [2.24, 2.45) is 0 Å². The molecule has 0 saturated heterocycles. The molecule has 0 heterocycles. The Labute approximate surface area is 159 Å². The highest BCUT2D eigenvalue weighted by Crippen LogP contribution is 2.31. The van der Waals surface area contributed by atoms with E-state index >= 15 is 0 Å². The zero-order valence-electron chi connectivity index (χ0n) is 14.9. The van der Waals surface area contributed by atoms with Crippen molar-refractivity contribution in [3.63, 3.8) is 0 Å². The summed E-state index contributed by atoms with van der Waals surface area (Å²) in [6, 6.07) is 5.82. The van der Waals surface area contributed by atoms with E-state index in [0.717, 1.165) is 5.56 Å². The number of rotatable bonds is 8. The van der Waals surface area contributed by atoms with E-state index in [-0.39, 0.29) is 25.3 Å². The number of benzene rings is 2. The molecule has 4 nitrogen and oxygen atoms in total. The molecule has 0 aliphatic heterocycles. The lowest BCUT2D eigenvalue weighted by Crippen LogP contribution is -2.34. The van der Waals surface area contributed by atoms with Gasteiger partial charge in [0.25, 0.3) is 10.0 Å². The van der Waals surface area contributed by atoms with Gasteiger partial charge in [0.2, 0.25) is 5.82 Å². The smallest absolute Gasteiger partial charge is 0.270 e. The lowest BCUT2D eigenvalue weighted by atomic mass is 10.2. The van der Waals surface area contributed by atoms with Crippen LogP contribution in [0, 0.1) is 36.0 Å². The second-order valence-electron chi connectivity index (χ2n) is 6.10. The Balaban J connectivity index is 2.60. The van der Waals surface area contributed by atoms with Crippen LogP contribution >= 0.6 is 0 Å². The number of aryl methyl sites for hydroxylation is 1. The Morgan fingerprint density at radius 2 is 1.32 bits per heavy atom. The molecule has 0 radical (unpaired) electrons. The van der Waals surface area contributed by atoms with E-state index in [4.69, 9.17) is 5.11 Å². The molecule has 2 aromatic rings. The summed E-state index contributed by atoms with van der Waals surface area (Å²) in [6.07, 6.45) is 0.957. The van der Waals surface area contributed by atoms with Crippen LogP contribution in [-0.2, 0) is 10.0 Å². The first-order valence-electron chi connectivity index (χ1n) is 8.34. The van der Waals surface area contributed by atoms with Crippen molar-refractivity contribution in [1.82, 2.24) is 0 Å². The van der Waals surface area contributed by atoms with Crippen LogP contribution in [0.4, 0.5) is 27.6 Å². The fourth-order valence-corrected chi connectivity index (χ4v) is 4.19. The van der Waals surface area contributed by atoms with Gasteiger partial charge in [-0.05, 0) is 38.3 Å².